The van der Waals surface area contributed by atoms with Crippen LogP contribution in [0, 0.1) is 11.8 Å². The molecule has 0 saturated heterocycles. The van der Waals surface area contributed by atoms with Gasteiger partial charge >= 0.3 is 0 Å². The van der Waals surface area contributed by atoms with Crippen molar-refractivity contribution >= 4 is 0 Å². The summed E-state index contributed by atoms with van der Waals surface area (Å²) in [4.78, 5) is 4.38. The molecule has 0 amide bonds. The number of hydrogen-bond acceptors (Lipinski definition) is 1. The third-order valence-electron chi connectivity index (χ3n) is 3.67. The van der Waals surface area contributed by atoms with Crippen LogP contribution >= 0.6 is 0 Å². The molecule has 0 bridgehead atoms. The number of aromatic nitrogens is 1. The summed E-state index contributed by atoms with van der Waals surface area (Å²) >= 11 is 0. The Morgan fingerprint density at radius 3 is 2.67 bits per heavy atom. The fourth-order valence-electron chi connectivity index (χ4n) is 2.52. The van der Waals surface area contributed by atoms with Gasteiger partial charge in [-0.3, -0.25) is 4.98 Å². The summed E-state index contributed by atoms with van der Waals surface area (Å²) in [6, 6.07) is 6.22. The Morgan fingerprint density at radius 2 is 2.00 bits per heavy atom. The minimum atomic E-state index is 0.961. The van der Waals surface area contributed by atoms with Gasteiger partial charge in [0.05, 0.1) is 0 Å². The van der Waals surface area contributed by atoms with Crippen LogP contribution in [0.3, 0.4) is 0 Å². The summed E-state index contributed by atoms with van der Waals surface area (Å²) in [5.41, 5.74) is 1.26. The minimum absolute atomic E-state index is 0.961. The zero-order chi connectivity index (χ0) is 10.5. The predicted molar refractivity (Wildman–Crippen MR) is 63.7 cm³/mol. The lowest BCUT2D eigenvalue weighted by Gasteiger charge is -2.25. The molecule has 1 nitrogen and oxygen atoms in total. The highest BCUT2D eigenvalue weighted by atomic mass is 14.7. The molecule has 0 spiro atoms. The second-order valence-electron chi connectivity index (χ2n) is 4.99. The lowest BCUT2D eigenvalue weighted by molar-refractivity contribution is 0.277. The van der Waals surface area contributed by atoms with Crippen LogP contribution in [0.1, 0.15) is 44.7 Å². The van der Waals surface area contributed by atoms with Crippen LogP contribution in [0.25, 0.3) is 0 Å². The van der Waals surface area contributed by atoms with Crippen LogP contribution in [-0.4, -0.2) is 4.98 Å². The van der Waals surface area contributed by atoms with Crippen LogP contribution in [0.2, 0.25) is 0 Å². The molecule has 2 rings (SSSR count). The Kier molecular flexibility index (Phi) is 3.76. The van der Waals surface area contributed by atoms with Gasteiger partial charge in [0.2, 0.25) is 0 Å². The van der Waals surface area contributed by atoms with Gasteiger partial charge in [-0.2, -0.15) is 0 Å². The molecule has 0 aromatic carbocycles. The smallest absolute Gasteiger partial charge is 0.0403 e. The zero-order valence-electron chi connectivity index (χ0n) is 9.65. The van der Waals surface area contributed by atoms with E-state index in [1.165, 1.54) is 44.2 Å². The molecule has 1 heterocycles. The van der Waals surface area contributed by atoms with E-state index in [1.807, 2.05) is 12.3 Å². The molecule has 0 unspecified atom stereocenters. The molecule has 15 heavy (non-hydrogen) atoms. The third-order valence-corrected chi connectivity index (χ3v) is 3.67. The largest absolute Gasteiger partial charge is 0.261 e. The number of nitrogens with zero attached hydrogens (tertiary/aromatic N) is 1. The van der Waals surface area contributed by atoms with E-state index >= 15 is 0 Å². The second-order valence-corrected chi connectivity index (χ2v) is 4.99. The summed E-state index contributed by atoms with van der Waals surface area (Å²) < 4.78 is 0. The average Bonchev–Trinajstić information content (AvgIpc) is 2.30. The van der Waals surface area contributed by atoms with E-state index in [4.69, 9.17) is 0 Å². The topological polar surface area (TPSA) is 12.9 Å². The third kappa shape index (κ3) is 3.33. The lowest BCUT2D eigenvalue weighted by atomic mass is 9.81. The molecule has 0 aliphatic heterocycles. The summed E-state index contributed by atoms with van der Waals surface area (Å²) in [5.74, 6) is 1.93. The van der Waals surface area contributed by atoms with E-state index in [1.54, 1.807) is 0 Å². The van der Waals surface area contributed by atoms with Crippen LogP contribution < -0.4 is 0 Å². The van der Waals surface area contributed by atoms with E-state index < -0.39 is 0 Å². The van der Waals surface area contributed by atoms with Gasteiger partial charge in [-0.05, 0) is 36.8 Å². The van der Waals surface area contributed by atoms with E-state index in [2.05, 4.69) is 24.0 Å². The Bertz CT molecular complexity index is 273. The maximum Gasteiger partial charge on any atom is 0.0403 e. The number of rotatable bonds is 3. The van der Waals surface area contributed by atoms with Gasteiger partial charge in [0, 0.05) is 11.9 Å². The predicted octanol–water partition coefficient (Wildman–Crippen LogP) is 3.84. The fourth-order valence-corrected chi connectivity index (χ4v) is 2.52. The van der Waals surface area contributed by atoms with Crippen molar-refractivity contribution in [3.05, 3.63) is 30.1 Å². The number of pyridine rings is 1. The van der Waals surface area contributed by atoms with Gasteiger partial charge in [-0.1, -0.05) is 38.7 Å². The van der Waals surface area contributed by atoms with Crippen LogP contribution in [0.5, 0.6) is 0 Å². The Morgan fingerprint density at radius 1 is 1.20 bits per heavy atom. The van der Waals surface area contributed by atoms with Gasteiger partial charge in [0.25, 0.3) is 0 Å². The molecule has 1 aromatic rings. The normalized spacial score (nSPS) is 26.5. The van der Waals surface area contributed by atoms with Crippen LogP contribution in [0.4, 0.5) is 0 Å². The molecule has 0 N–H and O–H groups in total. The molecule has 1 aliphatic rings. The molecule has 1 aliphatic carbocycles. The maximum absolute atomic E-state index is 4.38. The molecular formula is C14H21N. The van der Waals surface area contributed by atoms with E-state index in [-0.39, 0.29) is 0 Å². The highest BCUT2D eigenvalue weighted by molar-refractivity contribution is 5.03. The molecule has 1 aromatic heterocycles. The molecule has 82 valence electrons. The Balaban J connectivity index is 1.74. The van der Waals surface area contributed by atoms with Gasteiger partial charge in [-0.25, -0.2) is 0 Å². The molecule has 0 atom stereocenters. The van der Waals surface area contributed by atoms with Crippen molar-refractivity contribution in [3.8, 4) is 0 Å². The molecule has 1 heteroatoms. The van der Waals surface area contributed by atoms with Crippen molar-refractivity contribution in [2.75, 3.05) is 0 Å². The quantitative estimate of drug-likeness (QED) is 0.727. The molecule has 0 radical (unpaired) electrons. The van der Waals surface area contributed by atoms with Crippen molar-refractivity contribution in [2.24, 2.45) is 11.8 Å². The summed E-state index contributed by atoms with van der Waals surface area (Å²) in [6.07, 6.45) is 10.2. The van der Waals surface area contributed by atoms with Crippen molar-refractivity contribution in [3.63, 3.8) is 0 Å². The van der Waals surface area contributed by atoms with Crippen molar-refractivity contribution in [2.45, 2.75) is 45.4 Å². The highest BCUT2D eigenvalue weighted by Gasteiger charge is 2.17. The molecule has 1 fully saturated rings. The second kappa shape index (κ2) is 5.29. The summed E-state index contributed by atoms with van der Waals surface area (Å²) in [6.45, 7) is 2.38. The monoisotopic (exact) mass is 203 g/mol. The first-order chi connectivity index (χ1) is 7.34. The fraction of sp³-hybridized carbons (Fsp3) is 0.643. The van der Waals surface area contributed by atoms with Crippen molar-refractivity contribution in [1.29, 1.82) is 0 Å². The SMILES string of the molecule is CC1CCC(CCc2ccccn2)CC1. The van der Waals surface area contributed by atoms with Crippen molar-refractivity contribution < 1.29 is 0 Å². The summed E-state index contributed by atoms with van der Waals surface area (Å²) in [7, 11) is 0. The van der Waals surface area contributed by atoms with Crippen LogP contribution in [-0.2, 0) is 6.42 Å². The maximum atomic E-state index is 4.38. The standard InChI is InChI=1S/C14H21N/c1-12-5-7-13(8-6-12)9-10-14-4-2-3-11-15-14/h2-4,11-13H,5-10H2,1H3. The average molecular weight is 203 g/mol. The van der Waals surface area contributed by atoms with Crippen LogP contribution in [0.15, 0.2) is 24.4 Å². The van der Waals surface area contributed by atoms with E-state index in [0.29, 0.717) is 0 Å². The molecular weight excluding hydrogens is 182 g/mol. The first-order valence-corrected chi connectivity index (χ1v) is 6.24. The Labute approximate surface area is 92.9 Å². The van der Waals surface area contributed by atoms with Crippen molar-refractivity contribution in [1.82, 2.24) is 4.98 Å². The number of hydrogen-bond donors (Lipinski definition) is 0. The summed E-state index contributed by atoms with van der Waals surface area (Å²) in [5, 5.41) is 0. The minimum Gasteiger partial charge on any atom is -0.261 e. The number of aryl methyl sites for hydroxylation is 1. The van der Waals surface area contributed by atoms with Gasteiger partial charge in [-0.15, -0.1) is 0 Å². The van der Waals surface area contributed by atoms with E-state index in [0.717, 1.165) is 11.8 Å². The van der Waals surface area contributed by atoms with Gasteiger partial charge < -0.3 is 0 Å². The van der Waals surface area contributed by atoms with E-state index in [9.17, 15) is 0 Å². The molecule has 1 saturated carbocycles. The van der Waals surface area contributed by atoms with Gasteiger partial charge in [0.1, 0.15) is 0 Å². The highest BCUT2D eigenvalue weighted by Crippen LogP contribution is 2.30. The van der Waals surface area contributed by atoms with Gasteiger partial charge in [0.15, 0.2) is 0 Å². The Hall–Kier alpha value is -0.850. The first-order valence-electron chi connectivity index (χ1n) is 6.24. The zero-order valence-corrected chi connectivity index (χ0v) is 9.65. The lowest BCUT2D eigenvalue weighted by Crippen LogP contribution is -2.13. The first kappa shape index (κ1) is 10.7.